The van der Waals surface area contributed by atoms with Gasteiger partial charge in [0.25, 0.3) is 0 Å². The zero-order valence-electron chi connectivity index (χ0n) is 10.7. The van der Waals surface area contributed by atoms with Crippen molar-refractivity contribution in [3.63, 3.8) is 0 Å². The Bertz CT molecular complexity index is 558. The summed E-state index contributed by atoms with van der Waals surface area (Å²) in [6, 6.07) is 6.95. The van der Waals surface area contributed by atoms with Crippen molar-refractivity contribution >= 4 is 5.69 Å². The van der Waals surface area contributed by atoms with Crippen LogP contribution in [0.4, 0.5) is 10.1 Å². The first kappa shape index (κ1) is 12.2. The van der Waals surface area contributed by atoms with E-state index in [9.17, 15) is 4.39 Å². The Kier molecular flexibility index (Phi) is 3.21. The number of nitrogens with zero attached hydrogens (tertiary/aromatic N) is 3. The number of para-hydroxylation sites is 1. The number of aromatic nitrogens is 2. The second-order valence-corrected chi connectivity index (χ2v) is 4.92. The average molecular weight is 260 g/mol. The lowest BCUT2D eigenvalue weighted by atomic mass is 10.1. The lowest BCUT2D eigenvalue weighted by Gasteiger charge is -2.30. The van der Waals surface area contributed by atoms with Gasteiger partial charge in [0.05, 0.1) is 18.1 Å². The molecule has 2 aromatic rings. The predicted octanol–water partition coefficient (Wildman–Crippen LogP) is 1.94. The quantitative estimate of drug-likeness (QED) is 0.897. The predicted molar refractivity (Wildman–Crippen MR) is 72.9 cm³/mol. The molecule has 100 valence electrons. The Labute approximate surface area is 111 Å². The molecule has 3 rings (SSSR count). The van der Waals surface area contributed by atoms with Crippen LogP contribution in [0.2, 0.25) is 0 Å². The summed E-state index contributed by atoms with van der Waals surface area (Å²) in [5.74, 6) is -0.266. The summed E-state index contributed by atoms with van der Waals surface area (Å²) >= 11 is 0. The standard InChI is InChI=1S/C14H17FN4/c15-13-3-1-2-4-14(13)19-10-12(9-17-19)18-7-5-11(16)6-8-18/h1-4,9-11H,5-8,16H2. The van der Waals surface area contributed by atoms with Gasteiger partial charge in [-0.05, 0) is 25.0 Å². The summed E-state index contributed by atoms with van der Waals surface area (Å²) < 4.78 is 15.3. The Morgan fingerprint density at radius 3 is 2.68 bits per heavy atom. The van der Waals surface area contributed by atoms with Crippen LogP contribution in [0.5, 0.6) is 0 Å². The van der Waals surface area contributed by atoms with Crippen LogP contribution in [0.15, 0.2) is 36.7 Å². The summed E-state index contributed by atoms with van der Waals surface area (Å²) in [6.07, 6.45) is 5.63. The monoisotopic (exact) mass is 260 g/mol. The molecule has 1 fully saturated rings. The van der Waals surface area contributed by atoms with Gasteiger partial charge in [0.2, 0.25) is 0 Å². The number of hydrogen-bond donors (Lipinski definition) is 1. The number of piperidine rings is 1. The first-order chi connectivity index (χ1) is 9.24. The molecule has 2 heterocycles. The highest BCUT2D eigenvalue weighted by Crippen LogP contribution is 2.21. The molecular formula is C14H17FN4. The minimum absolute atomic E-state index is 0.266. The molecule has 0 unspecified atom stereocenters. The molecule has 1 saturated heterocycles. The molecule has 0 spiro atoms. The molecule has 0 amide bonds. The van der Waals surface area contributed by atoms with E-state index in [4.69, 9.17) is 5.73 Å². The zero-order valence-corrected chi connectivity index (χ0v) is 10.7. The van der Waals surface area contributed by atoms with Crippen LogP contribution in [-0.4, -0.2) is 28.9 Å². The molecule has 19 heavy (non-hydrogen) atoms. The molecule has 5 heteroatoms. The van der Waals surface area contributed by atoms with Crippen molar-refractivity contribution in [2.24, 2.45) is 5.73 Å². The number of nitrogens with two attached hydrogens (primary N) is 1. The number of rotatable bonds is 2. The normalized spacial score (nSPS) is 16.8. The second-order valence-electron chi connectivity index (χ2n) is 4.92. The molecule has 1 aromatic carbocycles. The fraction of sp³-hybridized carbons (Fsp3) is 0.357. The largest absolute Gasteiger partial charge is 0.369 e. The maximum Gasteiger partial charge on any atom is 0.148 e. The van der Waals surface area contributed by atoms with E-state index in [-0.39, 0.29) is 5.82 Å². The van der Waals surface area contributed by atoms with Gasteiger partial charge >= 0.3 is 0 Å². The van der Waals surface area contributed by atoms with Crippen LogP contribution in [0.3, 0.4) is 0 Å². The first-order valence-corrected chi connectivity index (χ1v) is 6.54. The van der Waals surface area contributed by atoms with Gasteiger partial charge in [0.15, 0.2) is 0 Å². The second kappa shape index (κ2) is 5.01. The third-order valence-corrected chi connectivity index (χ3v) is 3.57. The summed E-state index contributed by atoms with van der Waals surface area (Å²) in [6.45, 7) is 1.87. The highest BCUT2D eigenvalue weighted by molar-refractivity contribution is 5.46. The van der Waals surface area contributed by atoms with Crippen molar-refractivity contribution in [1.29, 1.82) is 0 Å². The van der Waals surface area contributed by atoms with Crippen LogP contribution in [0.25, 0.3) is 5.69 Å². The van der Waals surface area contributed by atoms with Crippen LogP contribution < -0.4 is 10.6 Å². The molecule has 0 radical (unpaired) electrons. The van der Waals surface area contributed by atoms with Gasteiger partial charge in [-0.2, -0.15) is 5.10 Å². The van der Waals surface area contributed by atoms with Gasteiger partial charge in [-0.3, -0.25) is 0 Å². The Balaban J connectivity index is 1.82. The Morgan fingerprint density at radius 1 is 1.21 bits per heavy atom. The molecule has 1 aliphatic heterocycles. The maximum absolute atomic E-state index is 13.7. The van der Waals surface area contributed by atoms with Crippen molar-refractivity contribution in [2.75, 3.05) is 18.0 Å². The molecular weight excluding hydrogens is 243 g/mol. The van der Waals surface area contributed by atoms with E-state index in [2.05, 4.69) is 10.00 Å². The van der Waals surface area contributed by atoms with E-state index < -0.39 is 0 Å². The van der Waals surface area contributed by atoms with Crippen LogP contribution in [-0.2, 0) is 0 Å². The van der Waals surface area contributed by atoms with Crippen molar-refractivity contribution in [3.8, 4) is 5.69 Å². The minimum Gasteiger partial charge on any atom is -0.369 e. The highest BCUT2D eigenvalue weighted by atomic mass is 19.1. The van der Waals surface area contributed by atoms with Crippen molar-refractivity contribution in [3.05, 3.63) is 42.5 Å². The smallest absolute Gasteiger partial charge is 0.148 e. The number of hydrogen-bond acceptors (Lipinski definition) is 3. The average Bonchev–Trinajstić information content (AvgIpc) is 2.89. The molecule has 0 bridgehead atoms. The van der Waals surface area contributed by atoms with Crippen LogP contribution >= 0.6 is 0 Å². The third kappa shape index (κ3) is 2.46. The van der Waals surface area contributed by atoms with Gasteiger partial charge in [-0.25, -0.2) is 9.07 Å². The molecule has 1 aromatic heterocycles. The maximum atomic E-state index is 13.7. The fourth-order valence-electron chi connectivity index (χ4n) is 2.40. The van der Waals surface area contributed by atoms with Gasteiger partial charge in [0.1, 0.15) is 11.5 Å². The summed E-state index contributed by atoms with van der Waals surface area (Å²) in [5, 5.41) is 4.25. The van der Waals surface area contributed by atoms with Crippen molar-refractivity contribution in [2.45, 2.75) is 18.9 Å². The van der Waals surface area contributed by atoms with Gasteiger partial charge < -0.3 is 10.6 Å². The SMILES string of the molecule is NC1CCN(c2cnn(-c3ccccc3F)c2)CC1. The third-order valence-electron chi connectivity index (χ3n) is 3.57. The fourth-order valence-corrected chi connectivity index (χ4v) is 2.40. The minimum atomic E-state index is -0.266. The van der Waals surface area contributed by atoms with Crippen molar-refractivity contribution < 1.29 is 4.39 Å². The molecule has 2 N–H and O–H groups in total. The van der Waals surface area contributed by atoms with Gasteiger partial charge in [0, 0.05) is 19.1 Å². The first-order valence-electron chi connectivity index (χ1n) is 6.54. The van der Waals surface area contributed by atoms with E-state index in [1.54, 1.807) is 29.1 Å². The number of benzene rings is 1. The lowest BCUT2D eigenvalue weighted by molar-refractivity contribution is 0.501. The Morgan fingerprint density at radius 2 is 1.95 bits per heavy atom. The van der Waals surface area contributed by atoms with Gasteiger partial charge in [-0.1, -0.05) is 12.1 Å². The molecule has 0 saturated carbocycles. The zero-order chi connectivity index (χ0) is 13.2. The highest BCUT2D eigenvalue weighted by Gasteiger charge is 2.17. The molecule has 0 aliphatic carbocycles. The Hall–Kier alpha value is -1.88. The molecule has 1 aliphatic rings. The number of anilines is 1. The number of halogens is 1. The van der Waals surface area contributed by atoms with E-state index >= 15 is 0 Å². The van der Waals surface area contributed by atoms with Crippen molar-refractivity contribution in [1.82, 2.24) is 9.78 Å². The summed E-state index contributed by atoms with van der Waals surface area (Å²) in [4.78, 5) is 2.24. The van der Waals surface area contributed by atoms with Gasteiger partial charge in [-0.15, -0.1) is 0 Å². The van der Waals surface area contributed by atoms with E-state index in [0.29, 0.717) is 11.7 Å². The summed E-state index contributed by atoms with van der Waals surface area (Å²) in [7, 11) is 0. The topological polar surface area (TPSA) is 47.1 Å². The van der Waals surface area contributed by atoms with Crippen LogP contribution in [0.1, 0.15) is 12.8 Å². The lowest BCUT2D eigenvalue weighted by Crippen LogP contribution is -2.39. The molecule has 0 atom stereocenters. The molecule has 4 nitrogen and oxygen atoms in total. The van der Waals surface area contributed by atoms with E-state index in [1.807, 2.05) is 6.20 Å². The van der Waals surface area contributed by atoms with E-state index in [0.717, 1.165) is 31.6 Å². The van der Waals surface area contributed by atoms with Crippen LogP contribution in [0, 0.1) is 5.82 Å². The van der Waals surface area contributed by atoms with E-state index in [1.165, 1.54) is 6.07 Å². The summed E-state index contributed by atoms with van der Waals surface area (Å²) in [5.41, 5.74) is 7.39.